The Kier molecular flexibility index (Phi) is 6.02. The second-order valence-electron chi connectivity index (χ2n) is 9.26. The van der Waals surface area contributed by atoms with Gasteiger partial charge in [-0.15, -0.1) is 0 Å². The fraction of sp³-hybridized carbons (Fsp3) is 0.591. The molecule has 2 aliphatic rings. The molecule has 0 unspecified atom stereocenters. The number of fused-ring (bicyclic) bond motifs is 1. The van der Waals surface area contributed by atoms with Crippen molar-refractivity contribution >= 4 is 23.4 Å². The third-order valence-corrected chi connectivity index (χ3v) is 6.42. The van der Waals surface area contributed by atoms with E-state index in [0.717, 1.165) is 56.3 Å². The molecule has 30 heavy (non-hydrogen) atoms. The molecule has 162 valence electrons. The Balaban J connectivity index is 1.42. The quantitative estimate of drug-likeness (QED) is 0.663. The van der Waals surface area contributed by atoms with Crippen LogP contribution in [-0.4, -0.2) is 39.4 Å². The fourth-order valence-electron chi connectivity index (χ4n) is 4.65. The predicted octanol–water partition coefficient (Wildman–Crippen LogP) is 4.22. The number of amides is 2. The first-order chi connectivity index (χ1) is 14.3. The standard InChI is InChI=1S/C22H31ClN6O/c1-4-24-14-5-7-15(8-6-14)27-21(30)28-20-9-16(18(23)12-25-20)17-11-26-29-13-22(2,3)10-19(17)29/h9,11-12,14-15,24H,4-8,10,13H2,1-3H3,(H2,25,27,28,30). The highest BCUT2D eigenvalue weighted by Gasteiger charge is 2.32. The van der Waals surface area contributed by atoms with Crippen LogP contribution in [0.4, 0.5) is 10.6 Å². The van der Waals surface area contributed by atoms with Crippen LogP contribution in [0.3, 0.4) is 0 Å². The molecule has 3 N–H and O–H groups in total. The molecule has 1 fully saturated rings. The van der Waals surface area contributed by atoms with Crippen LogP contribution in [0, 0.1) is 5.41 Å². The molecule has 1 aliphatic heterocycles. The third kappa shape index (κ3) is 4.62. The SMILES string of the molecule is CCNC1CCC(NC(=O)Nc2cc(-c3cnn4c3CC(C)(C)C4)c(Cl)cn2)CC1. The zero-order chi connectivity index (χ0) is 21.3. The lowest BCUT2D eigenvalue weighted by atomic mass is 9.89. The van der Waals surface area contributed by atoms with Gasteiger partial charge in [0.1, 0.15) is 5.82 Å². The smallest absolute Gasteiger partial charge is 0.320 e. The lowest BCUT2D eigenvalue weighted by Crippen LogP contribution is -2.43. The van der Waals surface area contributed by atoms with Crippen molar-refractivity contribution in [2.45, 2.75) is 71.5 Å². The van der Waals surface area contributed by atoms with Crippen molar-refractivity contribution in [2.24, 2.45) is 5.41 Å². The van der Waals surface area contributed by atoms with Crippen molar-refractivity contribution in [3.8, 4) is 11.1 Å². The zero-order valence-electron chi connectivity index (χ0n) is 18.0. The summed E-state index contributed by atoms with van der Waals surface area (Å²) in [6.45, 7) is 8.50. The maximum Gasteiger partial charge on any atom is 0.320 e. The molecule has 4 rings (SSSR count). The first-order valence-electron chi connectivity index (χ1n) is 10.9. The molecule has 1 aliphatic carbocycles. The van der Waals surface area contributed by atoms with Gasteiger partial charge in [-0.3, -0.25) is 10.00 Å². The molecular weight excluding hydrogens is 400 g/mol. The first kappa shape index (κ1) is 21.1. The van der Waals surface area contributed by atoms with Gasteiger partial charge in [0.2, 0.25) is 0 Å². The predicted molar refractivity (Wildman–Crippen MR) is 120 cm³/mol. The van der Waals surface area contributed by atoms with Gasteiger partial charge in [-0.1, -0.05) is 32.4 Å². The summed E-state index contributed by atoms with van der Waals surface area (Å²) in [6.07, 6.45) is 8.55. The molecule has 2 aromatic heterocycles. The summed E-state index contributed by atoms with van der Waals surface area (Å²) >= 11 is 6.46. The highest BCUT2D eigenvalue weighted by Crippen LogP contribution is 2.39. The highest BCUT2D eigenvalue weighted by molar-refractivity contribution is 6.33. The van der Waals surface area contributed by atoms with Crippen LogP contribution in [0.5, 0.6) is 0 Å². The van der Waals surface area contributed by atoms with E-state index in [1.54, 1.807) is 6.20 Å². The van der Waals surface area contributed by atoms with E-state index in [2.05, 4.69) is 51.5 Å². The number of nitrogens with zero attached hydrogens (tertiary/aromatic N) is 3. The van der Waals surface area contributed by atoms with Gasteiger partial charge < -0.3 is 10.6 Å². The van der Waals surface area contributed by atoms with E-state index in [1.807, 2.05) is 12.3 Å². The van der Waals surface area contributed by atoms with Gasteiger partial charge in [0, 0.05) is 41.6 Å². The Labute approximate surface area is 183 Å². The van der Waals surface area contributed by atoms with E-state index in [-0.39, 0.29) is 17.5 Å². The molecule has 0 atom stereocenters. The number of anilines is 1. The first-order valence-corrected chi connectivity index (χ1v) is 11.2. The topological polar surface area (TPSA) is 83.9 Å². The molecular formula is C22H31ClN6O. The van der Waals surface area contributed by atoms with Gasteiger partial charge in [0.25, 0.3) is 0 Å². The van der Waals surface area contributed by atoms with Crippen LogP contribution in [0.25, 0.3) is 11.1 Å². The summed E-state index contributed by atoms with van der Waals surface area (Å²) in [5.41, 5.74) is 3.23. The van der Waals surface area contributed by atoms with Crippen molar-refractivity contribution in [2.75, 3.05) is 11.9 Å². The average Bonchev–Trinajstić information content (AvgIpc) is 3.20. The van der Waals surface area contributed by atoms with Gasteiger partial charge in [-0.2, -0.15) is 5.10 Å². The minimum absolute atomic E-state index is 0.185. The van der Waals surface area contributed by atoms with Crippen LogP contribution in [0.2, 0.25) is 5.02 Å². The van der Waals surface area contributed by atoms with Crippen LogP contribution >= 0.6 is 11.6 Å². The number of hydrogen-bond acceptors (Lipinski definition) is 4. The molecule has 7 nitrogen and oxygen atoms in total. The van der Waals surface area contributed by atoms with Crippen molar-refractivity contribution in [3.63, 3.8) is 0 Å². The number of carbonyl (C=O) groups excluding carboxylic acids is 1. The number of hydrogen-bond donors (Lipinski definition) is 3. The van der Waals surface area contributed by atoms with Crippen LogP contribution in [0.1, 0.15) is 52.1 Å². The second-order valence-corrected chi connectivity index (χ2v) is 9.66. The molecule has 0 saturated heterocycles. The molecule has 8 heteroatoms. The maximum atomic E-state index is 12.5. The molecule has 3 heterocycles. The zero-order valence-corrected chi connectivity index (χ0v) is 18.7. The summed E-state index contributed by atoms with van der Waals surface area (Å²) in [4.78, 5) is 16.8. The number of pyridine rings is 1. The number of halogens is 1. The lowest BCUT2D eigenvalue weighted by Gasteiger charge is -2.29. The minimum atomic E-state index is -0.218. The number of rotatable bonds is 5. The van der Waals surface area contributed by atoms with Crippen molar-refractivity contribution in [3.05, 3.63) is 29.2 Å². The van der Waals surface area contributed by atoms with E-state index in [4.69, 9.17) is 11.6 Å². The highest BCUT2D eigenvalue weighted by atomic mass is 35.5. The van der Waals surface area contributed by atoms with Crippen LogP contribution in [0.15, 0.2) is 18.5 Å². The number of urea groups is 1. The fourth-order valence-corrected chi connectivity index (χ4v) is 4.86. The molecule has 2 amide bonds. The van der Waals surface area contributed by atoms with E-state index in [9.17, 15) is 4.79 Å². The average molecular weight is 431 g/mol. The van der Waals surface area contributed by atoms with Gasteiger partial charge in [-0.05, 0) is 50.1 Å². The monoisotopic (exact) mass is 430 g/mol. The van der Waals surface area contributed by atoms with E-state index >= 15 is 0 Å². The van der Waals surface area contributed by atoms with Crippen molar-refractivity contribution in [1.29, 1.82) is 0 Å². The summed E-state index contributed by atoms with van der Waals surface area (Å²) in [6, 6.07) is 2.39. The summed E-state index contributed by atoms with van der Waals surface area (Å²) in [5.74, 6) is 0.491. The molecule has 0 radical (unpaired) electrons. The van der Waals surface area contributed by atoms with Crippen molar-refractivity contribution in [1.82, 2.24) is 25.4 Å². The summed E-state index contributed by atoms with van der Waals surface area (Å²) in [7, 11) is 0. The molecule has 0 aromatic carbocycles. The Morgan fingerprint density at radius 2 is 1.93 bits per heavy atom. The molecule has 2 aromatic rings. The van der Waals surface area contributed by atoms with Gasteiger partial charge >= 0.3 is 6.03 Å². The Morgan fingerprint density at radius 1 is 1.20 bits per heavy atom. The van der Waals surface area contributed by atoms with Gasteiger partial charge in [-0.25, -0.2) is 9.78 Å². The Morgan fingerprint density at radius 3 is 2.67 bits per heavy atom. The summed E-state index contributed by atoms with van der Waals surface area (Å²) in [5, 5.41) is 14.5. The van der Waals surface area contributed by atoms with Gasteiger partial charge in [0.15, 0.2) is 0 Å². The number of aromatic nitrogens is 3. The van der Waals surface area contributed by atoms with E-state index in [0.29, 0.717) is 16.9 Å². The minimum Gasteiger partial charge on any atom is -0.335 e. The maximum absolute atomic E-state index is 12.5. The third-order valence-electron chi connectivity index (χ3n) is 6.11. The van der Waals surface area contributed by atoms with Crippen LogP contribution < -0.4 is 16.0 Å². The van der Waals surface area contributed by atoms with Gasteiger partial charge in [0.05, 0.1) is 11.2 Å². The summed E-state index contributed by atoms with van der Waals surface area (Å²) < 4.78 is 2.05. The Bertz CT molecular complexity index is 916. The Hall–Kier alpha value is -2.12. The number of nitrogens with one attached hydrogen (secondary N) is 3. The largest absolute Gasteiger partial charge is 0.335 e. The molecule has 0 bridgehead atoms. The van der Waals surface area contributed by atoms with E-state index < -0.39 is 0 Å². The second kappa shape index (κ2) is 8.55. The number of carbonyl (C=O) groups is 1. The lowest BCUT2D eigenvalue weighted by molar-refractivity contribution is 0.240. The molecule has 0 spiro atoms. The van der Waals surface area contributed by atoms with Crippen molar-refractivity contribution < 1.29 is 4.79 Å². The molecule has 1 saturated carbocycles. The van der Waals surface area contributed by atoms with E-state index in [1.165, 1.54) is 5.69 Å². The van der Waals surface area contributed by atoms with Crippen LogP contribution in [-0.2, 0) is 13.0 Å². The normalized spacial score (nSPS) is 22.5.